The number of benzene rings is 3. The van der Waals surface area contributed by atoms with E-state index in [0.29, 0.717) is 5.56 Å². The minimum Gasteiger partial charge on any atom is -0.456 e. The van der Waals surface area contributed by atoms with E-state index in [2.05, 4.69) is 33.2 Å². The molecule has 0 aromatic heterocycles. The molecule has 2 amide bonds. The van der Waals surface area contributed by atoms with Crippen molar-refractivity contribution >= 4 is 40.4 Å². The topological polar surface area (TPSA) is 143 Å². The molecule has 11 heteroatoms. The third-order valence-corrected chi connectivity index (χ3v) is 8.20. The Bertz CT molecular complexity index is 1460. The Hall–Kier alpha value is -3.62. The van der Waals surface area contributed by atoms with Crippen molar-refractivity contribution in [2.75, 3.05) is 13.2 Å². The molecule has 0 radical (unpaired) electrons. The van der Waals surface area contributed by atoms with E-state index < -0.39 is 54.0 Å². The second kappa shape index (κ2) is 14.0. The maximum Gasteiger partial charge on any atom is 0.338 e. The molecular formula is C33H33IN2O8. The second-order valence-corrected chi connectivity index (χ2v) is 11.8. The molecule has 44 heavy (non-hydrogen) atoms. The normalized spacial score (nSPS) is 21.7. The lowest BCUT2D eigenvalue weighted by molar-refractivity contribution is -0.157. The first-order chi connectivity index (χ1) is 21.2. The molecule has 0 saturated carbocycles. The predicted octanol–water partition coefficient (Wildman–Crippen LogP) is 2.81. The minimum atomic E-state index is -1.36. The summed E-state index contributed by atoms with van der Waals surface area (Å²) in [6.07, 6.45) is -2.16. The van der Waals surface area contributed by atoms with Crippen LogP contribution in [-0.2, 0) is 29.6 Å². The number of esters is 1. The Morgan fingerprint density at radius 3 is 2.16 bits per heavy atom. The summed E-state index contributed by atoms with van der Waals surface area (Å²) in [6.45, 7) is 1.05. The van der Waals surface area contributed by atoms with Crippen molar-refractivity contribution in [3.63, 3.8) is 0 Å². The van der Waals surface area contributed by atoms with Crippen molar-refractivity contribution in [3.05, 3.63) is 117 Å². The molecule has 1 aliphatic heterocycles. The van der Waals surface area contributed by atoms with Crippen LogP contribution in [0, 0.1) is 3.57 Å². The van der Waals surface area contributed by atoms with Crippen molar-refractivity contribution in [1.29, 1.82) is 0 Å². The molecule has 10 nitrogen and oxygen atoms in total. The predicted molar refractivity (Wildman–Crippen MR) is 168 cm³/mol. The van der Waals surface area contributed by atoms with Gasteiger partial charge in [0.15, 0.2) is 0 Å². The fraction of sp³-hybridized carbons (Fsp3) is 0.303. The Kier molecular flexibility index (Phi) is 10.1. The average Bonchev–Trinajstić information content (AvgIpc) is 3.44. The van der Waals surface area contributed by atoms with E-state index in [4.69, 9.17) is 19.3 Å². The molecule has 0 unspecified atom stereocenters. The van der Waals surface area contributed by atoms with Crippen molar-refractivity contribution in [2.45, 2.75) is 49.6 Å². The molecule has 0 bridgehead atoms. The van der Waals surface area contributed by atoms with Gasteiger partial charge in [0.05, 0.1) is 18.3 Å². The van der Waals surface area contributed by atoms with Crippen LogP contribution in [0.4, 0.5) is 0 Å². The quantitative estimate of drug-likeness (QED) is 0.186. The van der Waals surface area contributed by atoms with E-state index in [1.165, 1.54) is 6.92 Å². The fourth-order valence-electron chi connectivity index (χ4n) is 5.31. The first kappa shape index (κ1) is 31.8. The van der Waals surface area contributed by atoms with Crippen molar-refractivity contribution in [2.24, 2.45) is 0 Å². The van der Waals surface area contributed by atoms with Crippen LogP contribution < -0.4 is 10.6 Å². The van der Waals surface area contributed by atoms with E-state index in [9.17, 15) is 19.5 Å². The monoisotopic (exact) mass is 712 g/mol. The van der Waals surface area contributed by atoms with Gasteiger partial charge < -0.3 is 35.1 Å². The van der Waals surface area contributed by atoms with E-state index in [0.717, 1.165) is 14.7 Å². The van der Waals surface area contributed by atoms with Crippen LogP contribution in [0.25, 0.3) is 0 Å². The van der Waals surface area contributed by atoms with Gasteiger partial charge in [0, 0.05) is 33.2 Å². The number of carbonyl (C=O) groups excluding carboxylic acids is 3. The van der Waals surface area contributed by atoms with Crippen LogP contribution in [0.5, 0.6) is 0 Å². The summed E-state index contributed by atoms with van der Waals surface area (Å²) in [5.74, 6) is -3.23. The number of rotatable bonds is 10. The van der Waals surface area contributed by atoms with E-state index >= 15 is 0 Å². The van der Waals surface area contributed by atoms with Crippen LogP contribution in [-0.4, -0.2) is 71.6 Å². The van der Waals surface area contributed by atoms with Crippen LogP contribution in [0.3, 0.4) is 0 Å². The molecule has 0 spiro atoms. The highest BCUT2D eigenvalue weighted by Crippen LogP contribution is 2.47. The largest absolute Gasteiger partial charge is 0.456 e. The zero-order chi connectivity index (χ0) is 31.3. The molecule has 5 atom stereocenters. The standard InChI is InChI=1S/C33H33IN2O8/c1-20(38)28(31(40)35-16-17-37)36-30(39)22-18-26(42-32(41)21-12-14-25(34)15-13-21)29-27(19-22)43-33(44-29,23-8-4-2-5-9-23)24-10-6-3-7-11-24/h2-15,19-20,26-29,37-38H,16-18H2,1H3,(H,35,40)(H,36,39)/t20-,26+,27+,28+,29-/m0/s1. The van der Waals surface area contributed by atoms with Crippen LogP contribution in [0.2, 0.25) is 0 Å². The van der Waals surface area contributed by atoms with E-state index in [1.54, 1.807) is 30.3 Å². The molecule has 3 aromatic rings. The Morgan fingerprint density at radius 2 is 1.59 bits per heavy atom. The summed E-state index contributed by atoms with van der Waals surface area (Å²) in [4.78, 5) is 39.5. The number of hydrogen-bond donors (Lipinski definition) is 4. The number of amides is 2. The van der Waals surface area contributed by atoms with E-state index in [1.807, 2.05) is 60.7 Å². The SMILES string of the molecule is C[C@H](O)[C@@H](NC(=O)C1=C[C@H]2OC(c3ccccc3)(c3ccccc3)O[C@H]2[C@H](OC(=O)c2ccc(I)cc2)C1)C(=O)NCCO. The van der Waals surface area contributed by atoms with Gasteiger partial charge in [-0.25, -0.2) is 4.79 Å². The molecule has 4 N–H and O–H groups in total. The maximum absolute atomic E-state index is 13.6. The van der Waals surface area contributed by atoms with Crippen LogP contribution in [0.1, 0.15) is 34.8 Å². The maximum atomic E-state index is 13.6. The Labute approximate surface area is 268 Å². The Morgan fingerprint density at radius 1 is 0.977 bits per heavy atom. The number of halogens is 1. The van der Waals surface area contributed by atoms with Gasteiger partial charge in [0.1, 0.15) is 24.4 Å². The first-order valence-electron chi connectivity index (χ1n) is 14.2. The molecular weight excluding hydrogens is 679 g/mol. The van der Waals surface area contributed by atoms with Crippen molar-refractivity contribution < 1.29 is 38.8 Å². The second-order valence-electron chi connectivity index (χ2n) is 10.6. The highest BCUT2D eigenvalue weighted by molar-refractivity contribution is 14.1. The number of hydrogen-bond acceptors (Lipinski definition) is 8. The van der Waals surface area contributed by atoms with Gasteiger partial charge in [-0.15, -0.1) is 0 Å². The molecule has 3 aromatic carbocycles. The third-order valence-electron chi connectivity index (χ3n) is 7.48. The van der Waals surface area contributed by atoms with Gasteiger partial charge in [0.2, 0.25) is 17.6 Å². The van der Waals surface area contributed by atoms with Crippen LogP contribution >= 0.6 is 22.6 Å². The zero-order valence-electron chi connectivity index (χ0n) is 23.9. The molecule has 1 fully saturated rings. The van der Waals surface area contributed by atoms with Crippen molar-refractivity contribution in [3.8, 4) is 0 Å². The highest BCUT2D eigenvalue weighted by atomic mass is 127. The van der Waals surface area contributed by atoms with Gasteiger partial charge in [-0.2, -0.15) is 0 Å². The van der Waals surface area contributed by atoms with Crippen LogP contribution in [0.15, 0.2) is 96.6 Å². The summed E-state index contributed by atoms with van der Waals surface area (Å²) in [5.41, 5.74) is 1.98. The van der Waals surface area contributed by atoms with Gasteiger partial charge in [-0.3, -0.25) is 9.59 Å². The number of carbonyl (C=O) groups is 3. The lowest BCUT2D eigenvalue weighted by atomic mass is 9.91. The molecule has 230 valence electrons. The highest BCUT2D eigenvalue weighted by Gasteiger charge is 2.55. The zero-order valence-corrected chi connectivity index (χ0v) is 26.0. The summed E-state index contributed by atoms with van der Waals surface area (Å²) in [5, 5.41) is 24.4. The van der Waals surface area contributed by atoms with Gasteiger partial charge in [-0.1, -0.05) is 60.7 Å². The van der Waals surface area contributed by atoms with E-state index in [-0.39, 0.29) is 25.1 Å². The first-order valence-corrected chi connectivity index (χ1v) is 15.3. The summed E-state index contributed by atoms with van der Waals surface area (Å²) < 4.78 is 20.3. The summed E-state index contributed by atoms with van der Waals surface area (Å²) in [6, 6.07) is 24.4. The molecule has 5 rings (SSSR count). The lowest BCUT2D eigenvalue weighted by Crippen LogP contribution is -2.54. The number of aliphatic hydroxyl groups is 2. The molecule has 1 heterocycles. The Balaban J connectivity index is 1.50. The number of nitrogens with one attached hydrogen (secondary N) is 2. The molecule has 2 aliphatic rings. The van der Waals surface area contributed by atoms with Crippen molar-refractivity contribution in [1.82, 2.24) is 10.6 Å². The molecule has 1 saturated heterocycles. The smallest absolute Gasteiger partial charge is 0.338 e. The third kappa shape index (κ3) is 6.87. The van der Waals surface area contributed by atoms with Gasteiger partial charge in [0.25, 0.3) is 0 Å². The number of aliphatic hydroxyl groups excluding tert-OH is 2. The molecule has 1 aliphatic carbocycles. The fourth-order valence-corrected chi connectivity index (χ4v) is 5.67. The lowest BCUT2D eigenvalue weighted by Gasteiger charge is -2.31. The minimum absolute atomic E-state index is 0.0308. The summed E-state index contributed by atoms with van der Waals surface area (Å²) >= 11 is 2.15. The average molecular weight is 713 g/mol. The van der Waals surface area contributed by atoms with Gasteiger partial charge >= 0.3 is 5.97 Å². The summed E-state index contributed by atoms with van der Waals surface area (Å²) in [7, 11) is 0. The number of ether oxygens (including phenoxy) is 3. The van der Waals surface area contributed by atoms with Gasteiger partial charge in [-0.05, 0) is 59.9 Å². The number of fused-ring (bicyclic) bond motifs is 1.